The summed E-state index contributed by atoms with van der Waals surface area (Å²) in [7, 11) is 0. The Labute approximate surface area is 137 Å². The molecule has 7 atom stereocenters. The van der Waals surface area contributed by atoms with Crippen LogP contribution in [0.1, 0.15) is 58.3 Å². The molecular formula is C19H25ClO2. The molecule has 22 heavy (non-hydrogen) atoms. The van der Waals surface area contributed by atoms with Gasteiger partial charge in [-0.05, 0) is 85.0 Å². The zero-order valence-corrected chi connectivity index (χ0v) is 14.0. The van der Waals surface area contributed by atoms with Gasteiger partial charge in [-0.25, -0.2) is 0 Å². The van der Waals surface area contributed by atoms with E-state index >= 15 is 0 Å². The third-order valence-electron chi connectivity index (χ3n) is 8.53. The zero-order valence-electron chi connectivity index (χ0n) is 13.3. The number of hydrogen-bond donors (Lipinski definition) is 1. The fourth-order valence-corrected chi connectivity index (χ4v) is 7.78. The van der Waals surface area contributed by atoms with Gasteiger partial charge in [-0.1, -0.05) is 18.5 Å². The predicted molar refractivity (Wildman–Crippen MR) is 85.3 cm³/mol. The quantitative estimate of drug-likeness (QED) is 0.731. The van der Waals surface area contributed by atoms with Gasteiger partial charge in [0, 0.05) is 6.42 Å². The molecule has 1 spiro atoms. The van der Waals surface area contributed by atoms with Crippen LogP contribution in [0, 0.1) is 34.5 Å². The normalized spacial score (nSPS) is 56.1. The summed E-state index contributed by atoms with van der Waals surface area (Å²) in [4.78, 5) is 11.9. The van der Waals surface area contributed by atoms with E-state index in [1.165, 1.54) is 31.3 Å². The molecule has 3 heteroatoms. The number of carbonyl (C=O) groups is 1. The topological polar surface area (TPSA) is 37.3 Å². The molecular weight excluding hydrogens is 296 g/mol. The van der Waals surface area contributed by atoms with Gasteiger partial charge in [-0.3, -0.25) is 4.79 Å². The van der Waals surface area contributed by atoms with E-state index in [0.717, 1.165) is 31.1 Å². The Bertz CT molecular complexity index is 596. The van der Waals surface area contributed by atoms with Gasteiger partial charge in [-0.15, -0.1) is 0 Å². The molecule has 0 aliphatic heterocycles. The monoisotopic (exact) mass is 320 g/mol. The summed E-state index contributed by atoms with van der Waals surface area (Å²) in [5.74, 6) is 2.98. The summed E-state index contributed by atoms with van der Waals surface area (Å²) in [6, 6.07) is 0. The maximum atomic E-state index is 11.9. The predicted octanol–water partition coefficient (Wildman–Crippen LogP) is 4.06. The zero-order chi connectivity index (χ0) is 15.3. The van der Waals surface area contributed by atoms with E-state index in [4.69, 9.17) is 11.6 Å². The first-order valence-corrected chi connectivity index (χ1v) is 9.46. The lowest BCUT2D eigenvalue weighted by atomic mass is 9.49. The summed E-state index contributed by atoms with van der Waals surface area (Å²) < 4.78 is 0. The van der Waals surface area contributed by atoms with Crippen molar-refractivity contribution in [2.75, 3.05) is 0 Å². The Morgan fingerprint density at radius 2 is 2.05 bits per heavy atom. The van der Waals surface area contributed by atoms with Crippen LogP contribution in [0.15, 0.2) is 10.6 Å². The Hall–Kier alpha value is -0.340. The first-order valence-electron chi connectivity index (χ1n) is 9.09. The van der Waals surface area contributed by atoms with Gasteiger partial charge >= 0.3 is 0 Å². The molecule has 0 radical (unpaired) electrons. The fourth-order valence-electron chi connectivity index (χ4n) is 7.45. The molecule has 120 valence electrons. The van der Waals surface area contributed by atoms with Gasteiger partial charge in [0.15, 0.2) is 5.78 Å². The lowest BCUT2D eigenvalue weighted by Crippen LogP contribution is -2.50. The van der Waals surface area contributed by atoms with Gasteiger partial charge in [0.2, 0.25) is 0 Å². The summed E-state index contributed by atoms with van der Waals surface area (Å²) in [6.07, 6.45) is 8.57. The van der Waals surface area contributed by atoms with Crippen LogP contribution in [0.25, 0.3) is 0 Å². The minimum absolute atomic E-state index is 0.0827. The number of ketones is 1. The van der Waals surface area contributed by atoms with E-state index < -0.39 is 0 Å². The molecule has 4 fully saturated rings. The summed E-state index contributed by atoms with van der Waals surface area (Å²) >= 11 is 6.37. The third kappa shape index (κ3) is 1.41. The van der Waals surface area contributed by atoms with Crippen LogP contribution in [0.4, 0.5) is 0 Å². The summed E-state index contributed by atoms with van der Waals surface area (Å²) in [6.45, 7) is 2.36. The molecule has 5 aliphatic rings. The molecule has 0 saturated heterocycles. The SMILES string of the molecule is C[C@]12CCC3C4CCC(=O)C(Cl)=C4CCC3[C@@]13C[C@H]3C[C@H]2O. The fraction of sp³-hybridized carbons (Fsp3) is 0.842. The van der Waals surface area contributed by atoms with Crippen molar-refractivity contribution in [3.63, 3.8) is 0 Å². The Kier molecular flexibility index (Phi) is 2.67. The van der Waals surface area contributed by atoms with Crippen molar-refractivity contribution in [2.45, 2.75) is 64.4 Å². The number of rotatable bonds is 0. The van der Waals surface area contributed by atoms with E-state index in [9.17, 15) is 9.90 Å². The highest BCUT2D eigenvalue weighted by atomic mass is 35.5. The van der Waals surface area contributed by atoms with Crippen molar-refractivity contribution >= 4 is 17.4 Å². The summed E-state index contributed by atoms with van der Waals surface area (Å²) in [5.41, 5.74) is 1.87. The molecule has 5 aliphatic carbocycles. The number of allylic oxidation sites excluding steroid dienone is 1. The van der Waals surface area contributed by atoms with Crippen molar-refractivity contribution in [3.8, 4) is 0 Å². The van der Waals surface area contributed by atoms with Gasteiger partial charge in [0.25, 0.3) is 0 Å². The number of Topliss-reactive ketones (excluding diaryl/α,β-unsaturated/α-hetero) is 1. The lowest BCUT2D eigenvalue weighted by Gasteiger charge is -2.55. The number of aliphatic hydroxyl groups excluding tert-OH is 1. The summed E-state index contributed by atoms with van der Waals surface area (Å²) in [5, 5.41) is 11.2. The molecule has 0 amide bonds. The number of hydrogen-bond acceptors (Lipinski definition) is 2. The minimum Gasteiger partial charge on any atom is -0.393 e. The molecule has 0 bridgehead atoms. The van der Waals surface area contributed by atoms with Gasteiger partial charge < -0.3 is 5.11 Å². The third-order valence-corrected chi connectivity index (χ3v) is 8.99. The molecule has 0 heterocycles. The van der Waals surface area contributed by atoms with Gasteiger partial charge in [0.05, 0.1) is 11.1 Å². The maximum Gasteiger partial charge on any atom is 0.174 e. The van der Waals surface area contributed by atoms with E-state index in [0.29, 0.717) is 28.7 Å². The highest BCUT2D eigenvalue weighted by Crippen LogP contribution is 2.81. The molecule has 3 unspecified atom stereocenters. The van der Waals surface area contributed by atoms with Crippen LogP contribution < -0.4 is 0 Å². The molecule has 4 saturated carbocycles. The average Bonchev–Trinajstić information content (AvgIpc) is 3.16. The smallest absolute Gasteiger partial charge is 0.174 e. The van der Waals surface area contributed by atoms with Crippen molar-refractivity contribution in [1.29, 1.82) is 0 Å². The minimum atomic E-state index is -0.0827. The van der Waals surface area contributed by atoms with E-state index in [2.05, 4.69) is 6.92 Å². The van der Waals surface area contributed by atoms with Crippen LogP contribution in [0.3, 0.4) is 0 Å². The van der Waals surface area contributed by atoms with Crippen LogP contribution in [0.2, 0.25) is 0 Å². The maximum absolute atomic E-state index is 11.9. The molecule has 0 aromatic rings. The second kappa shape index (κ2) is 4.19. The van der Waals surface area contributed by atoms with Crippen molar-refractivity contribution in [1.82, 2.24) is 0 Å². The van der Waals surface area contributed by atoms with Crippen molar-refractivity contribution in [2.24, 2.45) is 34.5 Å². The highest BCUT2D eigenvalue weighted by Gasteiger charge is 2.76. The first-order chi connectivity index (χ1) is 10.5. The van der Waals surface area contributed by atoms with Crippen molar-refractivity contribution in [3.05, 3.63) is 10.6 Å². The molecule has 0 aromatic carbocycles. The Morgan fingerprint density at radius 1 is 1.23 bits per heavy atom. The molecule has 2 nitrogen and oxygen atoms in total. The van der Waals surface area contributed by atoms with Crippen molar-refractivity contribution < 1.29 is 9.90 Å². The average molecular weight is 321 g/mol. The second-order valence-electron chi connectivity index (χ2n) is 8.87. The first kappa shape index (κ1) is 14.0. The number of aliphatic hydroxyl groups is 1. The van der Waals surface area contributed by atoms with E-state index in [-0.39, 0.29) is 17.3 Å². The molecule has 5 rings (SSSR count). The molecule has 0 aromatic heterocycles. The number of carbonyl (C=O) groups excluding carboxylic acids is 1. The molecule has 1 N–H and O–H groups in total. The second-order valence-corrected chi connectivity index (χ2v) is 9.24. The van der Waals surface area contributed by atoms with E-state index in [1.54, 1.807) is 0 Å². The van der Waals surface area contributed by atoms with Crippen LogP contribution in [-0.2, 0) is 4.79 Å². The van der Waals surface area contributed by atoms with Crippen LogP contribution in [-0.4, -0.2) is 17.0 Å². The standard InChI is InChI=1S/C19H25ClO2/c1-18-7-6-12-11-3-5-15(21)17(20)13(11)2-4-14(12)19(18)9-10(19)8-16(18)22/h10-12,14,16,22H,2-9H2,1H3/t10-,11?,12?,14?,16-,18-,19+/m1/s1. The Balaban J connectivity index is 1.54. The highest BCUT2D eigenvalue weighted by molar-refractivity contribution is 6.43. The van der Waals surface area contributed by atoms with Crippen LogP contribution in [0.5, 0.6) is 0 Å². The Morgan fingerprint density at radius 3 is 2.86 bits per heavy atom. The van der Waals surface area contributed by atoms with Gasteiger partial charge in [-0.2, -0.15) is 0 Å². The number of fused-ring (bicyclic) bond motifs is 3. The van der Waals surface area contributed by atoms with Crippen LogP contribution >= 0.6 is 11.6 Å². The number of halogens is 1. The lowest BCUT2D eigenvalue weighted by molar-refractivity contribution is -0.117. The largest absolute Gasteiger partial charge is 0.393 e. The van der Waals surface area contributed by atoms with E-state index in [1.807, 2.05) is 0 Å². The van der Waals surface area contributed by atoms with Gasteiger partial charge in [0.1, 0.15) is 0 Å².